The molecule has 1 fully saturated rings. The van der Waals surface area contributed by atoms with Gasteiger partial charge in [-0.25, -0.2) is 12.8 Å². The van der Waals surface area contributed by atoms with E-state index in [0.29, 0.717) is 19.4 Å². The predicted molar refractivity (Wildman–Crippen MR) is 69.5 cm³/mol. The third-order valence-corrected chi connectivity index (χ3v) is 5.33. The largest absolute Gasteiger partial charge is 0.396 e. The summed E-state index contributed by atoms with van der Waals surface area (Å²) in [5.41, 5.74) is 5.49. The van der Waals surface area contributed by atoms with Crippen LogP contribution >= 0.6 is 0 Å². The molecule has 1 saturated heterocycles. The number of hydrogen-bond acceptors (Lipinski definition) is 4. The molecule has 0 aliphatic carbocycles. The summed E-state index contributed by atoms with van der Waals surface area (Å²) in [6.45, 7) is 1.62. The fraction of sp³-hybridized carbons (Fsp3) is 0.500. The van der Waals surface area contributed by atoms with Crippen LogP contribution in [0.4, 0.5) is 10.1 Å². The molecule has 7 heteroatoms. The first-order valence-electron chi connectivity index (χ1n) is 6.06. The average molecular weight is 288 g/mol. The minimum absolute atomic E-state index is 0.0238. The first kappa shape index (κ1) is 14.2. The number of rotatable bonds is 3. The molecule has 1 atom stereocenters. The highest BCUT2D eigenvalue weighted by Crippen LogP contribution is 2.28. The molecule has 0 bridgehead atoms. The van der Waals surface area contributed by atoms with Crippen molar-refractivity contribution < 1.29 is 17.9 Å². The van der Waals surface area contributed by atoms with Crippen molar-refractivity contribution >= 4 is 15.7 Å². The van der Waals surface area contributed by atoms with Crippen LogP contribution in [0.2, 0.25) is 0 Å². The van der Waals surface area contributed by atoms with E-state index < -0.39 is 21.9 Å². The van der Waals surface area contributed by atoms with Gasteiger partial charge in [-0.3, -0.25) is 0 Å². The van der Waals surface area contributed by atoms with Crippen molar-refractivity contribution in [1.29, 1.82) is 0 Å². The summed E-state index contributed by atoms with van der Waals surface area (Å²) in [5, 5.41) is 9.21. The third-order valence-electron chi connectivity index (χ3n) is 3.40. The minimum atomic E-state index is -3.74. The lowest BCUT2D eigenvalue weighted by Crippen LogP contribution is -2.37. The van der Waals surface area contributed by atoms with E-state index in [1.165, 1.54) is 17.3 Å². The zero-order valence-corrected chi connectivity index (χ0v) is 11.5. The molecule has 0 unspecified atom stereocenters. The van der Waals surface area contributed by atoms with E-state index in [-0.39, 0.29) is 22.8 Å². The highest BCUT2D eigenvalue weighted by molar-refractivity contribution is 7.89. The zero-order chi connectivity index (χ0) is 14.2. The Kier molecular flexibility index (Phi) is 3.80. The molecule has 1 aromatic rings. The lowest BCUT2D eigenvalue weighted by Gasteiger charge is -2.22. The Balaban J connectivity index is 2.45. The van der Waals surface area contributed by atoms with Crippen molar-refractivity contribution in [2.24, 2.45) is 0 Å². The molecule has 106 valence electrons. The van der Waals surface area contributed by atoms with Gasteiger partial charge in [0, 0.05) is 12.6 Å². The maximum absolute atomic E-state index is 13.4. The second-order valence-corrected chi connectivity index (χ2v) is 6.63. The molecular formula is C12H17FN2O3S. The van der Waals surface area contributed by atoms with Crippen LogP contribution in [0.1, 0.15) is 18.4 Å². The number of aliphatic hydroxyl groups is 1. The van der Waals surface area contributed by atoms with Crippen molar-refractivity contribution in [2.45, 2.75) is 30.7 Å². The second kappa shape index (κ2) is 5.07. The van der Waals surface area contributed by atoms with E-state index in [2.05, 4.69) is 0 Å². The van der Waals surface area contributed by atoms with Gasteiger partial charge in [-0.05, 0) is 37.5 Å². The van der Waals surface area contributed by atoms with Crippen molar-refractivity contribution in [3.05, 3.63) is 23.5 Å². The summed E-state index contributed by atoms with van der Waals surface area (Å²) in [4.78, 5) is -0.0238. The van der Waals surface area contributed by atoms with Crippen LogP contribution < -0.4 is 5.73 Å². The number of hydrogen-bond donors (Lipinski definition) is 2. The van der Waals surface area contributed by atoms with Gasteiger partial charge in [0.25, 0.3) is 0 Å². The normalized spacial score (nSPS) is 20.9. The second-order valence-electron chi connectivity index (χ2n) is 4.74. The van der Waals surface area contributed by atoms with Crippen LogP contribution in [0.3, 0.4) is 0 Å². The Morgan fingerprint density at radius 2 is 2.21 bits per heavy atom. The Hall–Kier alpha value is -1.18. The first-order chi connectivity index (χ1) is 8.87. The lowest BCUT2D eigenvalue weighted by atomic mass is 10.2. The Morgan fingerprint density at radius 1 is 1.53 bits per heavy atom. The van der Waals surface area contributed by atoms with Gasteiger partial charge >= 0.3 is 0 Å². The number of nitrogens with zero attached hydrogens (tertiary/aromatic N) is 1. The molecule has 0 saturated carbocycles. The van der Waals surface area contributed by atoms with E-state index in [1.54, 1.807) is 0 Å². The number of aryl methyl sites for hydroxylation is 1. The third kappa shape index (κ3) is 2.45. The predicted octanol–water partition coefficient (Wildman–Crippen LogP) is 0.862. The van der Waals surface area contributed by atoms with Crippen LogP contribution in [0.5, 0.6) is 0 Å². The van der Waals surface area contributed by atoms with Gasteiger partial charge in [-0.1, -0.05) is 0 Å². The summed E-state index contributed by atoms with van der Waals surface area (Å²) >= 11 is 0. The molecule has 3 N–H and O–H groups in total. The highest BCUT2D eigenvalue weighted by Gasteiger charge is 2.35. The number of nitrogen functional groups attached to an aromatic ring is 1. The number of halogens is 1. The van der Waals surface area contributed by atoms with Crippen LogP contribution in [0.25, 0.3) is 0 Å². The summed E-state index contributed by atoms with van der Waals surface area (Å²) in [7, 11) is -3.74. The minimum Gasteiger partial charge on any atom is -0.396 e. The number of sulfonamides is 1. The van der Waals surface area contributed by atoms with E-state index in [0.717, 1.165) is 6.07 Å². The summed E-state index contributed by atoms with van der Waals surface area (Å²) in [6, 6.07) is 2.00. The van der Waals surface area contributed by atoms with Crippen molar-refractivity contribution in [2.75, 3.05) is 18.9 Å². The Labute approximate surface area is 111 Å². The van der Waals surface area contributed by atoms with Crippen LogP contribution in [-0.4, -0.2) is 37.0 Å². The van der Waals surface area contributed by atoms with E-state index >= 15 is 0 Å². The monoisotopic (exact) mass is 288 g/mol. The smallest absolute Gasteiger partial charge is 0.243 e. The maximum Gasteiger partial charge on any atom is 0.243 e. The standard InChI is InChI=1S/C12H17FN2O3S/c1-8-5-10(6-11(14)12(8)13)19(17,18)15-4-2-3-9(15)7-16/h5-6,9,16H,2-4,7,14H2,1H3/t9-/m0/s1. The zero-order valence-electron chi connectivity index (χ0n) is 10.6. The lowest BCUT2D eigenvalue weighted by molar-refractivity contribution is 0.213. The first-order valence-corrected chi connectivity index (χ1v) is 7.50. The van der Waals surface area contributed by atoms with Crippen LogP contribution in [-0.2, 0) is 10.0 Å². The van der Waals surface area contributed by atoms with Gasteiger partial charge in [0.15, 0.2) is 0 Å². The maximum atomic E-state index is 13.4. The number of aliphatic hydroxyl groups excluding tert-OH is 1. The van der Waals surface area contributed by atoms with Crippen LogP contribution in [0, 0.1) is 12.7 Å². The molecule has 1 aliphatic heterocycles. The van der Waals surface area contributed by atoms with Crippen molar-refractivity contribution in [3.8, 4) is 0 Å². The summed E-state index contributed by atoms with van der Waals surface area (Å²) < 4.78 is 39.6. The molecule has 0 amide bonds. The van der Waals surface area contributed by atoms with Gasteiger partial charge in [0.2, 0.25) is 10.0 Å². The SMILES string of the molecule is Cc1cc(S(=O)(=O)N2CCC[C@H]2CO)cc(N)c1F. The quantitative estimate of drug-likeness (QED) is 0.808. The van der Waals surface area contributed by atoms with Crippen molar-refractivity contribution in [1.82, 2.24) is 4.31 Å². The molecular weight excluding hydrogens is 271 g/mol. The molecule has 1 heterocycles. The highest BCUT2D eigenvalue weighted by atomic mass is 32.2. The summed E-state index contributed by atoms with van der Waals surface area (Å²) in [5.74, 6) is -0.598. The topological polar surface area (TPSA) is 83.6 Å². The average Bonchev–Trinajstić information content (AvgIpc) is 2.84. The van der Waals surface area contributed by atoms with Gasteiger partial charge in [0.05, 0.1) is 17.2 Å². The van der Waals surface area contributed by atoms with E-state index in [4.69, 9.17) is 5.73 Å². The number of anilines is 1. The molecule has 2 rings (SSSR count). The van der Waals surface area contributed by atoms with E-state index in [9.17, 15) is 17.9 Å². The fourth-order valence-corrected chi connectivity index (χ4v) is 4.16. The molecule has 19 heavy (non-hydrogen) atoms. The van der Waals surface area contributed by atoms with Crippen molar-refractivity contribution in [3.63, 3.8) is 0 Å². The Bertz CT molecular complexity index is 566. The Morgan fingerprint density at radius 3 is 2.79 bits per heavy atom. The van der Waals surface area contributed by atoms with Gasteiger partial charge in [-0.2, -0.15) is 4.31 Å². The molecule has 1 aliphatic rings. The number of benzene rings is 1. The molecule has 0 aromatic heterocycles. The van der Waals surface area contributed by atoms with Gasteiger partial charge in [0.1, 0.15) is 5.82 Å². The molecule has 1 aromatic carbocycles. The van der Waals surface area contributed by atoms with E-state index in [1.807, 2.05) is 0 Å². The molecule has 5 nitrogen and oxygen atoms in total. The summed E-state index contributed by atoms with van der Waals surface area (Å²) in [6.07, 6.45) is 1.34. The van der Waals surface area contributed by atoms with Gasteiger partial charge in [-0.15, -0.1) is 0 Å². The molecule has 0 radical (unpaired) electrons. The molecule has 0 spiro atoms. The fourth-order valence-electron chi connectivity index (χ4n) is 2.36. The number of nitrogens with two attached hydrogens (primary N) is 1. The van der Waals surface area contributed by atoms with Gasteiger partial charge < -0.3 is 10.8 Å². The van der Waals surface area contributed by atoms with Crippen LogP contribution in [0.15, 0.2) is 17.0 Å².